The second-order valence-electron chi connectivity index (χ2n) is 7.47. The fraction of sp³-hybridized carbons (Fsp3) is 0.192. The van der Waals surface area contributed by atoms with Crippen LogP contribution < -0.4 is 20.7 Å². The van der Waals surface area contributed by atoms with Gasteiger partial charge in [-0.05, 0) is 73.6 Å². The summed E-state index contributed by atoms with van der Waals surface area (Å²) < 4.78 is 5.53. The van der Waals surface area contributed by atoms with Gasteiger partial charge in [-0.15, -0.1) is 0 Å². The van der Waals surface area contributed by atoms with Crippen molar-refractivity contribution in [3.63, 3.8) is 0 Å². The second-order valence-corrected chi connectivity index (χ2v) is 7.88. The minimum atomic E-state index is -0.333. The third kappa shape index (κ3) is 7.15. The van der Waals surface area contributed by atoms with Gasteiger partial charge in [0.25, 0.3) is 11.8 Å². The van der Waals surface area contributed by atoms with Gasteiger partial charge in [-0.2, -0.15) is 0 Å². The Balaban J connectivity index is 1.56. The number of amides is 2. The van der Waals surface area contributed by atoms with E-state index >= 15 is 0 Å². The van der Waals surface area contributed by atoms with Crippen LogP contribution in [0, 0.1) is 0 Å². The van der Waals surface area contributed by atoms with Gasteiger partial charge in [-0.3, -0.25) is 14.9 Å². The van der Waals surface area contributed by atoms with Gasteiger partial charge in [-0.1, -0.05) is 43.3 Å². The molecule has 0 aliphatic carbocycles. The molecule has 0 aliphatic heterocycles. The number of benzene rings is 3. The summed E-state index contributed by atoms with van der Waals surface area (Å²) in [6.45, 7) is 4.59. The van der Waals surface area contributed by atoms with E-state index in [9.17, 15) is 9.59 Å². The number of ether oxygens (including phenoxy) is 1. The highest BCUT2D eigenvalue weighted by atomic mass is 32.1. The molecular formula is C26H27N3O3S. The zero-order chi connectivity index (χ0) is 23.6. The van der Waals surface area contributed by atoms with Crippen LogP contribution in [0.2, 0.25) is 0 Å². The minimum absolute atomic E-state index is 0.130. The molecule has 1 unspecified atom stereocenters. The number of carbonyl (C=O) groups is 2. The maximum absolute atomic E-state index is 12.7. The summed E-state index contributed by atoms with van der Waals surface area (Å²) in [6.07, 6.45) is 0.914. The Bertz CT molecular complexity index is 1100. The summed E-state index contributed by atoms with van der Waals surface area (Å²) in [7, 11) is 0. The van der Waals surface area contributed by atoms with Gasteiger partial charge in [0.15, 0.2) is 5.11 Å². The molecule has 3 rings (SSSR count). The number of anilines is 1. The van der Waals surface area contributed by atoms with Crippen molar-refractivity contribution in [1.82, 2.24) is 10.6 Å². The van der Waals surface area contributed by atoms with Crippen LogP contribution in [-0.2, 0) is 0 Å². The van der Waals surface area contributed by atoms with Crippen LogP contribution in [0.3, 0.4) is 0 Å². The van der Waals surface area contributed by atoms with Crippen molar-refractivity contribution in [1.29, 1.82) is 0 Å². The molecule has 0 bridgehead atoms. The lowest BCUT2D eigenvalue weighted by atomic mass is 10.1. The predicted molar refractivity (Wildman–Crippen MR) is 135 cm³/mol. The molecule has 33 heavy (non-hydrogen) atoms. The molecule has 0 heterocycles. The van der Waals surface area contributed by atoms with E-state index in [1.54, 1.807) is 48.5 Å². The average molecular weight is 462 g/mol. The van der Waals surface area contributed by atoms with Gasteiger partial charge in [0, 0.05) is 16.8 Å². The van der Waals surface area contributed by atoms with Gasteiger partial charge in [0.2, 0.25) is 0 Å². The first-order valence-corrected chi connectivity index (χ1v) is 11.2. The molecule has 0 aliphatic rings. The van der Waals surface area contributed by atoms with E-state index in [1.807, 2.05) is 44.2 Å². The largest absolute Gasteiger partial charge is 0.494 e. The molecule has 170 valence electrons. The van der Waals surface area contributed by atoms with Crippen LogP contribution in [0.15, 0.2) is 78.9 Å². The van der Waals surface area contributed by atoms with E-state index in [1.165, 1.54) is 0 Å². The quantitative estimate of drug-likeness (QED) is 0.407. The minimum Gasteiger partial charge on any atom is -0.494 e. The SMILES string of the molecule is CCCOc1ccc(C(=O)NC(=S)Nc2cccc(C(=O)NC(C)c3ccccc3)c2)cc1. The molecule has 3 N–H and O–H groups in total. The Kier molecular flexibility index (Phi) is 8.55. The Morgan fingerprint density at radius 1 is 0.909 bits per heavy atom. The van der Waals surface area contributed by atoms with Crippen molar-refractivity contribution in [3.05, 3.63) is 95.6 Å². The Labute approximate surface area is 199 Å². The van der Waals surface area contributed by atoms with E-state index in [2.05, 4.69) is 16.0 Å². The van der Waals surface area contributed by atoms with E-state index in [0.717, 1.165) is 12.0 Å². The topological polar surface area (TPSA) is 79.5 Å². The fourth-order valence-corrected chi connectivity index (χ4v) is 3.31. The molecule has 3 aromatic rings. The van der Waals surface area contributed by atoms with E-state index in [0.29, 0.717) is 29.2 Å². The maximum atomic E-state index is 12.7. The van der Waals surface area contributed by atoms with Crippen LogP contribution >= 0.6 is 12.2 Å². The number of hydrogen-bond acceptors (Lipinski definition) is 4. The van der Waals surface area contributed by atoms with Gasteiger partial charge in [-0.25, -0.2) is 0 Å². The smallest absolute Gasteiger partial charge is 0.257 e. The normalized spacial score (nSPS) is 11.2. The molecule has 2 amide bonds. The summed E-state index contributed by atoms with van der Waals surface area (Å²) in [6, 6.07) is 23.4. The van der Waals surface area contributed by atoms with Gasteiger partial charge in [0.1, 0.15) is 5.75 Å². The molecule has 0 fully saturated rings. The molecule has 3 aromatic carbocycles. The molecular weight excluding hydrogens is 434 g/mol. The molecule has 0 saturated carbocycles. The van der Waals surface area contributed by atoms with Gasteiger partial charge >= 0.3 is 0 Å². The predicted octanol–water partition coefficient (Wildman–Crippen LogP) is 5.09. The summed E-state index contributed by atoms with van der Waals surface area (Å²) in [5.41, 5.74) is 2.57. The summed E-state index contributed by atoms with van der Waals surface area (Å²) in [5.74, 6) is 0.182. The number of nitrogens with one attached hydrogen (secondary N) is 3. The lowest BCUT2D eigenvalue weighted by Gasteiger charge is -2.15. The van der Waals surface area contributed by atoms with Gasteiger partial charge in [0.05, 0.1) is 12.6 Å². The third-order valence-corrected chi connectivity index (χ3v) is 5.05. The lowest BCUT2D eigenvalue weighted by molar-refractivity contribution is 0.0938. The first kappa shape index (κ1) is 23.9. The highest BCUT2D eigenvalue weighted by Crippen LogP contribution is 2.15. The Hall–Kier alpha value is -3.71. The summed E-state index contributed by atoms with van der Waals surface area (Å²) in [4.78, 5) is 25.1. The zero-order valence-corrected chi connectivity index (χ0v) is 19.4. The zero-order valence-electron chi connectivity index (χ0n) is 18.6. The van der Waals surface area contributed by atoms with Crippen molar-refractivity contribution in [2.45, 2.75) is 26.3 Å². The fourth-order valence-electron chi connectivity index (χ4n) is 3.10. The molecule has 0 radical (unpaired) electrons. The molecule has 0 aromatic heterocycles. The van der Waals surface area contributed by atoms with Crippen molar-refractivity contribution in [3.8, 4) is 5.75 Å². The van der Waals surface area contributed by atoms with Crippen LogP contribution in [0.1, 0.15) is 52.6 Å². The first-order valence-electron chi connectivity index (χ1n) is 10.8. The number of thiocarbonyl (C=S) groups is 1. The Morgan fingerprint density at radius 2 is 1.64 bits per heavy atom. The summed E-state index contributed by atoms with van der Waals surface area (Å²) in [5, 5.41) is 8.73. The van der Waals surface area contributed by atoms with Crippen molar-refractivity contribution in [2.24, 2.45) is 0 Å². The third-order valence-electron chi connectivity index (χ3n) is 4.85. The number of carbonyl (C=O) groups excluding carboxylic acids is 2. The summed E-state index contributed by atoms with van der Waals surface area (Å²) >= 11 is 5.27. The van der Waals surface area contributed by atoms with E-state index in [-0.39, 0.29) is 23.0 Å². The highest BCUT2D eigenvalue weighted by molar-refractivity contribution is 7.80. The number of rotatable bonds is 8. The maximum Gasteiger partial charge on any atom is 0.257 e. The van der Waals surface area contributed by atoms with Crippen molar-refractivity contribution in [2.75, 3.05) is 11.9 Å². The van der Waals surface area contributed by atoms with Gasteiger partial charge < -0.3 is 15.4 Å². The Morgan fingerprint density at radius 3 is 2.33 bits per heavy atom. The number of hydrogen-bond donors (Lipinski definition) is 3. The first-order chi connectivity index (χ1) is 16.0. The second kappa shape index (κ2) is 11.8. The monoisotopic (exact) mass is 461 g/mol. The molecule has 6 nitrogen and oxygen atoms in total. The highest BCUT2D eigenvalue weighted by Gasteiger charge is 2.13. The van der Waals surface area contributed by atoms with Crippen LogP contribution in [0.5, 0.6) is 5.75 Å². The molecule has 0 saturated heterocycles. The molecule has 1 atom stereocenters. The molecule has 7 heteroatoms. The van der Waals surface area contributed by atoms with Crippen LogP contribution in [0.25, 0.3) is 0 Å². The van der Waals surface area contributed by atoms with Crippen molar-refractivity contribution < 1.29 is 14.3 Å². The molecule has 0 spiro atoms. The lowest BCUT2D eigenvalue weighted by Crippen LogP contribution is -2.34. The van der Waals surface area contributed by atoms with E-state index in [4.69, 9.17) is 17.0 Å². The van der Waals surface area contributed by atoms with Crippen LogP contribution in [-0.4, -0.2) is 23.5 Å². The van der Waals surface area contributed by atoms with Crippen molar-refractivity contribution >= 4 is 34.8 Å². The standard InChI is InChI=1S/C26H27N3O3S/c1-3-16-32-23-14-12-20(13-15-23)24(30)29-26(33)28-22-11-7-10-21(17-22)25(31)27-18(2)19-8-5-4-6-9-19/h4-15,17-18H,3,16H2,1-2H3,(H,27,31)(H2,28,29,30,33). The average Bonchev–Trinajstić information content (AvgIpc) is 2.83. The van der Waals surface area contributed by atoms with E-state index < -0.39 is 0 Å². The van der Waals surface area contributed by atoms with Crippen LogP contribution in [0.4, 0.5) is 5.69 Å².